The Balaban J connectivity index is 1.48. The zero-order valence-corrected chi connectivity index (χ0v) is 16.4. The SMILES string of the molecule is O=C(c1cccnc1Nc1cccc(C(F)(F)F)c1)N1CCN(c2ncccn2)CC1. The van der Waals surface area contributed by atoms with Crippen molar-refractivity contribution in [3.63, 3.8) is 0 Å². The van der Waals surface area contributed by atoms with Gasteiger partial charge in [-0.15, -0.1) is 0 Å². The Kier molecular flexibility index (Phi) is 5.70. The third kappa shape index (κ3) is 4.73. The minimum absolute atomic E-state index is 0.202. The molecule has 1 aliphatic rings. The van der Waals surface area contributed by atoms with E-state index in [0.29, 0.717) is 37.7 Å². The normalized spacial score (nSPS) is 14.4. The van der Waals surface area contributed by atoms with Gasteiger partial charge >= 0.3 is 6.18 Å². The second-order valence-electron chi connectivity index (χ2n) is 6.93. The van der Waals surface area contributed by atoms with E-state index >= 15 is 0 Å². The minimum atomic E-state index is -4.46. The predicted molar refractivity (Wildman–Crippen MR) is 109 cm³/mol. The molecule has 2 aromatic heterocycles. The summed E-state index contributed by atoms with van der Waals surface area (Å²) in [5.41, 5.74) is -0.279. The molecule has 1 saturated heterocycles. The van der Waals surface area contributed by atoms with E-state index in [1.165, 1.54) is 18.3 Å². The van der Waals surface area contributed by atoms with Crippen molar-refractivity contribution in [3.05, 3.63) is 72.2 Å². The van der Waals surface area contributed by atoms with Gasteiger partial charge in [-0.25, -0.2) is 15.0 Å². The molecule has 1 aliphatic heterocycles. The average Bonchev–Trinajstić information content (AvgIpc) is 2.79. The molecule has 0 saturated carbocycles. The topological polar surface area (TPSA) is 74.2 Å². The summed E-state index contributed by atoms with van der Waals surface area (Å²) >= 11 is 0. The zero-order valence-electron chi connectivity index (χ0n) is 16.4. The van der Waals surface area contributed by atoms with Crippen LogP contribution in [0.4, 0.5) is 30.6 Å². The summed E-state index contributed by atoms with van der Waals surface area (Å²) in [6.07, 6.45) is 0.364. The second-order valence-corrected chi connectivity index (χ2v) is 6.93. The van der Waals surface area contributed by atoms with Gasteiger partial charge < -0.3 is 15.1 Å². The number of halogens is 3. The van der Waals surface area contributed by atoms with Crippen molar-refractivity contribution in [1.29, 1.82) is 0 Å². The van der Waals surface area contributed by atoms with Gasteiger partial charge in [0.25, 0.3) is 5.91 Å². The Morgan fingerprint density at radius 1 is 0.903 bits per heavy atom. The van der Waals surface area contributed by atoms with E-state index in [0.717, 1.165) is 12.1 Å². The van der Waals surface area contributed by atoms with Gasteiger partial charge in [0.05, 0.1) is 11.1 Å². The summed E-state index contributed by atoms with van der Waals surface area (Å²) in [6.45, 7) is 2.09. The molecule has 3 heterocycles. The lowest BCUT2D eigenvalue weighted by Gasteiger charge is -2.34. The zero-order chi connectivity index (χ0) is 21.8. The van der Waals surface area contributed by atoms with Gasteiger partial charge in [-0.3, -0.25) is 4.79 Å². The first-order valence-electron chi connectivity index (χ1n) is 9.62. The highest BCUT2D eigenvalue weighted by Gasteiger charge is 2.30. The molecule has 160 valence electrons. The number of nitrogens with zero attached hydrogens (tertiary/aromatic N) is 5. The van der Waals surface area contributed by atoms with Crippen molar-refractivity contribution in [2.45, 2.75) is 6.18 Å². The second kappa shape index (κ2) is 8.58. The number of pyridine rings is 1. The highest BCUT2D eigenvalue weighted by Crippen LogP contribution is 2.31. The number of anilines is 3. The molecular formula is C21H19F3N6O. The number of hydrogen-bond acceptors (Lipinski definition) is 6. The Hall–Kier alpha value is -3.69. The molecule has 1 fully saturated rings. The Bertz CT molecular complexity index is 1050. The summed E-state index contributed by atoms with van der Waals surface area (Å²) < 4.78 is 39.0. The van der Waals surface area contributed by atoms with Crippen LogP contribution in [0.1, 0.15) is 15.9 Å². The van der Waals surface area contributed by atoms with E-state index in [9.17, 15) is 18.0 Å². The first-order valence-corrected chi connectivity index (χ1v) is 9.62. The molecule has 1 amide bonds. The quantitative estimate of drug-likeness (QED) is 0.685. The van der Waals surface area contributed by atoms with Crippen LogP contribution < -0.4 is 10.2 Å². The molecule has 1 N–H and O–H groups in total. The van der Waals surface area contributed by atoms with Crippen LogP contribution in [0, 0.1) is 0 Å². The van der Waals surface area contributed by atoms with E-state index in [1.807, 2.05) is 4.90 Å². The molecule has 0 unspecified atom stereocenters. The molecule has 0 bridgehead atoms. The number of rotatable bonds is 4. The summed E-state index contributed by atoms with van der Waals surface area (Å²) in [4.78, 5) is 29.4. The third-order valence-electron chi connectivity index (χ3n) is 4.89. The smallest absolute Gasteiger partial charge is 0.340 e. The molecule has 10 heteroatoms. The van der Waals surface area contributed by atoms with E-state index in [1.54, 1.807) is 35.5 Å². The monoisotopic (exact) mass is 428 g/mol. The number of alkyl halides is 3. The molecule has 0 atom stereocenters. The fraction of sp³-hybridized carbons (Fsp3) is 0.238. The number of hydrogen-bond donors (Lipinski definition) is 1. The maximum atomic E-state index is 13.1. The number of carbonyl (C=O) groups is 1. The molecule has 0 radical (unpaired) electrons. The van der Waals surface area contributed by atoms with Gasteiger partial charge in [0.2, 0.25) is 5.95 Å². The predicted octanol–water partition coefficient (Wildman–Crippen LogP) is 3.60. The van der Waals surface area contributed by atoms with Crippen LogP contribution in [0.5, 0.6) is 0 Å². The van der Waals surface area contributed by atoms with Gasteiger partial charge in [0.15, 0.2) is 0 Å². The summed E-state index contributed by atoms with van der Waals surface area (Å²) in [5, 5.41) is 2.85. The van der Waals surface area contributed by atoms with Gasteiger partial charge in [-0.1, -0.05) is 6.07 Å². The van der Waals surface area contributed by atoms with Crippen molar-refractivity contribution in [2.24, 2.45) is 0 Å². The summed E-state index contributed by atoms with van der Waals surface area (Å²) in [6, 6.07) is 9.76. The van der Waals surface area contributed by atoms with Crippen LogP contribution in [0.3, 0.4) is 0 Å². The van der Waals surface area contributed by atoms with Crippen molar-refractivity contribution < 1.29 is 18.0 Å². The highest BCUT2D eigenvalue weighted by atomic mass is 19.4. The number of benzene rings is 1. The minimum Gasteiger partial charge on any atom is -0.340 e. The van der Waals surface area contributed by atoms with Crippen LogP contribution in [-0.4, -0.2) is 51.9 Å². The Labute approximate surface area is 176 Å². The highest BCUT2D eigenvalue weighted by molar-refractivity contribution is 5.99. The van der Waals surface area contributed by atoms with Crippen molar-refractivity contribution in [3.8, 4) is 0 Å². The lowest BCUT2D eigenvalue weighted by Crippen LogP contribution is -2.49. The van der Waals surface area contributed by atoms with E-state index in [2.05, 4.69) is 20.3 Å². The lowest BCUT2D eigenvalue weighted by atomic mass is 10.1. The molecule has 0 aliphatic carbocycles. The number of aromatic nitrogens is 3. The fourth-order valence-corrected chi connectivity index (χ4v) is 3.32. The Morgan fingerprint density at radius 2 is 1.61 bits per heavy atom. The van der Waals surface area contributed by atoms with Crippen LogP contribution in [0.2, 0.25) is 0 Å². The molecular weight excluding hydrogens is 409 g/mol. The molecule has 3 aromatic rings. The third-order valence-corrected chi connectivity index (χ3v) is 4.89. The first-order chi connectivity index (χ1) is 14.9. The maximum absolute atomic E-state index is 13.1. The molecule has 4 rings (SSSR count). The van der Waals surface area contributed by atoms with Crippen LogP contribution in [-0.2, 0) is 6.18 Å². The number of piperazine rings is 1. The van der Waals surface area contributed by atoms with Gasteiger partial charge in [0.1, 0.15) is 5.82 Å². The van der Waals surface area contributed by atoms with Crippen LogP contribution in [0.15, 0.2) is 61.1 Å². The average molecular weight is 428 g/mol. The standard InChI is InChI=1S/C21H19F3N6O/c22-21(23,24)15-4-1-5-16(14-15)28-18-17(6-2-7-25-18)19(31)29-10-12-30(13-11-29)20-26-8-3-9-27-20/h1-9,14H,10-13H2,(H,25,28). The summed E-state index contributed by atoms with van der Waals surface area (Å²) in [5.74, 6) is 0.583. The van der Waals surface area contributed by atoms with Crippen LogP contribution in [0.25, 0.3) is 0 Å². The van der Waals surface area contributed by atoms with Gasteiger partial charge in [-0.05, 0) is 36.4 Å². The van der Waals surface area contributed by atoms with Crippen molar-refractivity contribution in [1.82, 2.24) is 19.9 Å². The fourth-order valence-electron chi connectivity index (χ4n) is 3.32. The van der Waals surface area contributed by atoms with Crippen LogP contribution >= 0.6 is 0 Å². The number of nitrogens with one attached hydrogen (secondary N) is 1. The van der Waals surface area contributed by atoms with E-state index in [-0.39, 0.29) is 17.4 Å². The molecule has 31 heavy (non-hydrogen) atoms. The number of carbonyl (C=O) groups excluding carboxylic acids is 1. The van der Waals surface area contributed by atoms with Crippen molar-refractivity contribution in [2.75, 3.05) is 36.4 Å². The largest absolute Gasteiger partial charge is 0.416 e. The lowest BCUT2D eigenvalue weighted by molar-refractivity contribution is -0.137. The Morgan fingerprint density at radius 3 is 2.32 bits per heavy atom. The maximum Gasteiger partial charge on any atom is 0.416 e. The van der Waals surface area contributed by atoms with Gasteiger partial charge in [-0.2, -0.15) is 13.2 Å². The first kappa shape index (κ1) is 20.6. The molecule has 1 aromatic carbocycles. The van der Waals surface area contributed by atoms with Gasteiger partial charge in [0, 0.05) is 50.5 Å². The summed E-state index contributed by atoms with van der Waals surface area (Å²) in [7, 11) is 0. The number of amides is 1. The van der Waals surface area contributed by atoms with E-state index in [4.69, 9.17) is 0 Å². The molecule has 0 spiro atoms. The van der Waals surface area contributed by atoms with Crippen molar-refractivity contribution >= 4 is 23.4 Å². The molecule has 7 nitrogen and oxygen atoms in total. The van der Waals surface area contributed by atoms with E-state index < -0.39 is 11.7 Å².